The third kappa shape index (κ3) is 7.15. The SMILES string of the molecule is O=C(C=CCCN1CCCCC1)Nc1cc2c(Nc3ccc(F)c(Cl)c3)ncnc2cc1SCCF. The van der Waals surface area contributed by atoms with Crippen LogP contribution in [0, 0.1) is 5.82 Å². The van der Waals surface area contributed by atoms with E-state index in [9.17, 15) is 13.6 Å². The van der Waals surface area contributed by atoms with Crippen molar-refractivity contribution in [2.24, 2.45) is 0 Å². The second-order valence-corrected chi connectivity index (χ2v) is 10.0. The normalized spacial score (nSPS) is 14.4. The molecule has 1 aromatic heterocycles. The fourth-order valence-corrected chi connectivity index (χ4v) is 5.00. The van der Waals surface area contributed by atoms with Crippen LogP contribution in [-0.4, -0.2) is 52.8 Å². The highest BCUT2D eigenvalue weighted by atomic mass is 35.5. The number of fused-ring (bicyclic) bond motifs is 1. The van der Waals surface area contributed by atoms with Crippen molar-refractivity contribution in [3.63, 3.8) is 0 Å². The minimum absolute atomic E-state index is 0.0108. The van der Waals surface area contributed by atoms with Crippen LogP contribution in [0.2, 0.25) is 5.02 Å². The molecule has 0 radical (unpaired) electrons. The number of hydrogen-bond donors (Lipinski definition) is 2. The van der Waals surface area contributed by atoms with E-state index in [0.717, 1.165) is 26.1 Å². The molecule has 4 rings (SSSR count). The molecule has 2 N–H and O–H groups in total. The van der Waals surface area contributed by atoms with Gasteiger partial charge in [-0.1, -0.05) is 24.1 Å². The number of carbonyl (C=O) groups is 1. The number of rotatable bonds is 10. The first kappa shape index (κ1) is 26.3. The molecule has 2 aromatic carbocycles. The summed E-state index contributed by atoms with van der Waals surface area (Å²) in [6, 6.07) is 7.85. The summed E-state index contributed by atoms with van der Waals surface area (Å²) in [6.45, 7) is 2.69. The largest absolute Gasteiger partial charge is 0.340 e. The molecule has 1 aliphatic rings. The van der Waals surface area contributed by atoms with Crippen molar-refractivity contribution in [3.8, 4) is 0 Å². The number of likely N-dealkylation sites (tertiary alicyclic amines) is 1. The highest BCUT2D eigenvalue weighted by Gasteiger charge is 2.13. The van der Waals surface area contributed by atoms with Gasteiger partial charge in [-0.05, 0) is 68.8 Å². The van der Waals surface area contributed by atoms with Crippen LogP contribution in [0.4, 0.5) is 26.0 Å². The van der Waals surface area contributed by atoms with Gasteiger partial charge in [-0.15, -0.1) is 11.8 Å². The summed E-state index contributed by atoms with van der Waals surface area (Å²) in [4.78, 5) is 24.5. The number of piperidine rings is 1. The van der Waals surface area contributed by atoms with E-state index in [-0.39, 0.29) is 16.7 Å². The molecule has 10 heteroatoms. The molecule has 0 bridgehead atoms. The molecule has 36 heavy (non-hydrogen) atoms. The molecular weight excluding hydrogens is 504 g/mol. The molecule has 1 aliphatic heterocycles. The van der Waals surface area contributed by atoms with E-state index in [0.29, 0.717) is 33.0 Å². The number of thioether (sulfide) groups is 1. The van der Waals surface area contributed by atoms with Crippen molar-refractivity contribution >= 4 is 57.4 Å². The van der Waals surface area contributed by atoms with Crippen LogP contribution in [-0.2, 0) is 4.79 Å². The van der Waals surface area contributed by atoms with E-state index in [4.69, 9.17) is 11.6 Å². The van der Waals surface area contributed by atoms with E-state index in [1.807, 2.05) is 6.08 Å². The van der Waals surface area contributed by atoms with Crippen LogP contribution in [0.1, 0.15) is 25.7 Å². The Morgan fingerprint density at radius 2 is 2.00 bits per heavy atom. The van der Waals surface area contributed by atoms with Gasteiger partial charge in [0.25, 0.3) is 0 Å². The number of hydrogen-bond acceptors (Lipinski definition) is 6. The molecule has 6 nitrogen and oxygen atoms in total. The number of carbonyl (C=O) groups excluding carboxylic acids is 1. The zero-order chi connectivity index (χ0) is 25.3. The molecule has 0 unspecified atom stereocenters. The van der Waals surface area contributed by atoms with Crippen LogP contribution in [0.15, 0.2) is 53.7 Å². The van der Waals surface area contributed by atoms with Crippen molar-refractivity contribution < 1.29 is 13.6 Å². The molecule has 3 aromatic rings. The monoisotopic (exact) mass is 531 g/mol. The lowest BCUT2D eigenvalue weighted by molar-refractivity contribution is -0.111. The number of benzene rings is 2. The van der Waals surface area contributed by atoms with E-state index < -0.39 is 12.5 Å². The Kier molecular flexibility index (Phi) is 9.49. The Hall–Kier alpha value is -2.75. The highest BCUT2D eigenvalue weighted by Crippen LogP contribution is 2.34. The highest BCUT2D eigenvalue weighted by molar-refractivity contribution is 7.99. The lowest BCUT2D eigenvalue weighted by Gasteiger charge is -2.25. The molecular formula is C26H28ClF2N5OS. The van der Waals surface area contributed by atoms with E-state index in [1.54, 1.807) is 24.3 Å². The van der Waals surface area contributed by atoms with Gasteiger partial charge in [0.05, 0.1) is 22.9 Å². The van der Waals surface area contributed by atoms with E-state index in [2.05, 4.69) is 25.5 Å². The van der Waals surface area contributed by atoms with Crippen LogP contribution in [0.5, 0.6) is 0 Å². The average Bonchev–Trinajstić information content (AvgIpc) is 2.88. The van der Waals surface area contributed by atoms with E-state index >= 15 is 0 Å². The van der Waals surface area contributed by atoms with Crippen LogP contribution in [0.3, 0.4) is 0 Å². The zero-order valence-electron chi connectivity index (χ0n) is 19.8. The number of halogens is 3. The fraction of sp³-hybridized carbons (Fsp3) is 0.346. The topological polar surface area (TPSA) is 70.2 Å². The molecule has 1 amide bonds. The van der Waals surface area contributed by atoms with Gasteiger partial charge in [0.1, 0.15) is 18.0 Å². The number of amides is 1. The number of alkyl halides is 1. The summed E-state index contributed by atoms with van der Waals surface area (Å²) in [5.41, 5.74) is 1.72. The van der Waals surface area contributed by atoms with Gasteiger partial charge < -0.3 is 15.5 Å². The Morgan fingerprint density at radius 3 is 2.78 bits per heavy atom. The van der Waals surface area contributed by atoms with Crippen LogP contribution < -0.4 is 10.6 Å². The van der Waals surface area contributed by atoms with Gasteiger partial charge in [-0.3, -0.25) is 9.18 Å². The first-order valence-electron chi connectivity index (χ1n) is 11.9. The number of anilines is 3. The van der Waals surface area contributed by atoms with Gasteiger partial charge in [0, 0.05) is 28.3 Å². The molecule has 0 aliphatic carbocycles. The molecule has 2 heterocycles. The minimum Gasteiger partial charge on any atom is -0.340 e. The summed E-state index contributed by atoms with van der Waals surface area (Å²) in [5.74, 6) is -0.0491. The summed E-state index contributed by atoms with van der Waals surface area (Å²) in [7, 11) is 0. The van der Waals surface area contributed by atoms with Crippen molar-refractivity contribution in [3.05, 3.63) is 59.7 Å². The first-order chi connectivity index (χ1) is 17.5. The Morgan fingerprint density at radius 1 is 1.17 bits per heavy atom. The van der Waals surface area contributed by atoms with E-state index in [1.165, 1.54) is 49.5 Å². The van der Waals surface area contributed by atoms with Gasteiger partial charge >= 0.3 is 0 Å². The van der Waals surface area contributed by atoms with Gasteiger partial charge in [0.2, 0.25) is 5.91 Å². The average molecular weight is 532 g/mol. The van der Waals surface area contributed by atoms with Crippen molar-refractivity contribution in [1.82, 2.24) is 14.9 Å². The fourth-order valence-electron chi connectivity index (χ4n) is 4.06. The first-order valence-corrected chi connectivity index (χ1v) is 13.3. The summed E-state index contributed by atoms with van der Waals surface area (Å²) >= 11 is 7.21. The number of nitrogens with one attached hydrogen (secondary N) is 2. The van der Waals surface area contributed by atoms with Gasteiger partial charge in [-0.25, -0.2) is 14.4 Å². The van der Waals surface area contributed by atoms with Gasteiger partial charge in [-0.2, -0.15) is 0 Å². The summed E-state index contributed by atoms with van der Waals surface area (Å²) < 4.78 is 26.5. The van der Waals surface area contributed by atoms with Crippen molar-refractivity contribution in [2.45, 2.75) is 30.6 Å². The second-order valence-electron chi connectivity index (χ2n) is 8.46. The molecule has 0 saturated carbocycles. The van der Waals surface area contributed by atoms with Gasteiger partial charge in [0.15, 0.2) is 0 Å². The quantitative estimate of drug-likeness (QED) is 0.227. The zero-order valence-corrected chi connectivity index (χ0v) is 21.3. The predicted octanol–water partition coefficient (Wildman–Crippen LogP) is 6.60. The third-order valence-electron chi connectivity index (χ3n) is 5.84. The maximum absolute atomic E-state index is 13.6. The smallest absolute Gasteiger partial charge is 0.248 e. The minimum atomic E-state index is -0.515. The number of nitrogens with zero attached hydrogens (tertiary/aromatic N) is 3. The Balaban J connectivity index is 1.53. The molecule has 1 saturated heterocycles. The van der Waals surface area contributed by atoms with Crippen molar-refractivity contribution in [2.75, 3.05) is 42.7 Å². The maximum Gasteiger partial charge on any atom is 0.248 e. The molecule has 1 fully saturated rings. The maximum atomic E-state index is 13.6. The number of aromatic nitrogens is 2. The van der Waals surface area contributed by atoms with Crippen LogP contribution >= 0.6 is 23.4 Å². The summed E-state index contributed by atoms with van der Waals surface area (Å²) in [5, 5.41) is 6.69. The molecule has 0 spiro atoms. The third-order valence-corrected chi connectivity index (χ3v) is 7.14. The Bertz CT molecular complexity index is 1240. The summed E-state index contributed by atoms with van der Waals surface area (Å²) in [6.07, 6.45) is 9.40. The molecule has 0 atom stereocenters. The predicted molar refractivity (Wildman–Crippen MR) is 144 cm³/mol. The second kappa shape index (κ2) is 13.0. The Labute approximate surface area is 218 Å². The van der Waals surface area contributed by atoms with Crippen molar-refractivity contribution in [1.29, 1.82) is 0 Å². The lowest BCUT2D eigenvalue weighted by Crippen LogP contribution is -2.30. The molecule has 190 valence electrons. The van der Waals surface area contributed by atoms with Crippen LogP contribution in [0.25, 0.3) is 10.9 Å². The lowest BCUT2D eigenvalue weighted by atomic mass is 10.1. The standard InChI is InChI=1S/C26H28ClF2N5OS/c27-20-14-18(7-8-21(20)29)32-26-19-15-23(24(36-13-9-28)16-22(19)30-17-31-26)33-25(35)6-2-5-12-34-10-3-1-4-11-34/h2,6-8,14-17H,1,3-5,9-13H2,(H,33,35)(H,30,31,32).